The van der Waals surface area contributed by atoms with Crippen molar-refractivity contribution in [3.63, 3.8) is 0 Å². The van der Waals surface area contributed by atoms with E-state index in [1.807, 2.05) is 160 Å². The van der Waals surface area contributed by atoms with Gasteiger partial charge in [-0.3, -0.25) is 29.3 Å². The number of benzene rings is 2. The average molecular weight is 1450 g/mol. The van der Waals surface area contributed by atoms with E-state index in [1.54, 1.807) is 165 Å². The van der Waals surface area contributed by atoms with Crippen LogP contribution in [-0.2, 0) is 0 Å². The summed E-state index contributed by atoms with van der Waals surface area (Å²) in [5, 5.41) is 28.8. The summed E-state index contributed by atoms with van der Waals surface area (Å²) >= 11 is 3.30. The van der Waals surface area contributed by atoms with E-state index in [9.17, 15) is 0 Å². The Morgan fingerprint density at radius 3 is 1.53 bits per heavy atom. The largest absolute Gasteiger partial charge is 0.461 e. The molecule has 0 amide bonds. The Balaban J connectivity index is 0.000000124. The summed E-state index contributed by atoms with van der Waals surface area (Å²) in [4.78, 5) is 85.5. The van der Waals surface area contributed by atoms with E-state index in [2.05, 4.69) is 145 Å². The minimum atomic E-state index is 0.644. The number of hydrogen-bond acceptors (Lipinski definition) is 33. The summed E-state index contributed by atoms with van der Waals surface area (Å²) in [5.41, 5.74) is 9.48. The van der Waals surface area contributed by atoms with Crippen molar-refractivity contribution in [3.8, 4) is 0 Å². The van der Waals surface area contributed by atoms with Gasteiger partial charge < -0.3 is 13.2 Å². The first-order valence-electron chi connectivity index (χ1n) is 31.2. The van der Waals surface area contributed by atoms with Gasteiger partial charge in [-0.25, -0.2) is 89.4 Å². The molecule has 20 heterocycles. The van der Waals surface area contributed by atoms with Crippen molar-refractivity contribution in [3.05, 3.63) is 344 Å². The van der Waals surface area contributed by atoms with E-state index in [0.717, 1.165) is 75.7 Å². The number of thiophene rings is 2. The van der Waals surface area contributed by atoms with Crippen LogP contribution in [0.3, 0.4) is 0 Å². The Kier molecular flexibility index (Phi) is 30.9. The molecule has 107 heavy (non-hydrogen) atoms. The van der Waals surface area contributed by atoms with Crippen LogP contribution in [0.15, 0.2) is 358 Å². The monoisotopic (exact) mass is 1450 g/mol. The van der Waals surface area contributed by atoms with Gasteiger partial charge >= 0.3 is 0 Å². The third kappa shape index (κ3) is 26.5. The molecule has 0 radical (unpaired) electrons. The first kappa shape index (κ1) is 74.2. The van der Waals surface area contributed by atoms with Crippen LogP contribution in [-0.4, -0.2) is 149 Å². The summed E-state index contributed by atoms with van der Waals surface area (Å²) in [6.45, 7) is 0. The van der Waals surface area contributed by atoms with Gasteiger partial charge in [0.25, 0.3) is 0 Å². The topological polar surface area (TPSA) is 409 Å². The molecule has 0 unspecified atom stereocenters. The van der Waals surface area contributed by atoms with Crippen molar-refractivity contribution >= 4 is 110 Å². The van der Waals surface area contributed by atoms with Crippen LogP contribution in [0.5, 0.6) is 0 Å². The third-order valence-corrected chi connectivity index (χ3v) is 14.3. The normalized spacial score (nSPS) is 9.68. The quantitative estimate of drug-likeness (QED) is 0.136. The lowest BCUT2D eigenvalue weighted by molar-refractivity contribution is 0.315. The number of nitrogens with zero attached hydrogens (tertiary/aromatic N) is 30. The fraction of sp³-hybridized carbons (Fsp3) is 0. The van der Waals surface area contributed by atoms with Crippen LogP contribution in [0.1, 0.15) is 0 Å². The fourth-order valence-electron chi connectivity index (χ4n) is 7.87. The second-order valence-corrected chi connectivity index (χ2v) is 21.5. The second-order valence-electron chi connectivity index (χ2n) is 19.6. The van der Waals surface area contributed by atoms with Crippen molar-refractivity contribution in [2.24, 2.45) is 0 Å². The van der Waals surface area contributed by atoms with Crippen LogP contribution in [0.25, 0.3) is 86.9 Å². The molecule has 0 saturated heterocycles. The molecule has 0 saturated carbocycles. The highest BCUT2D eigenvalue weighted by Gasteiger charge is 1.97. The number of para-hydroxylation sites is 3. The molecule has 0 aliphatic heterocycles. The molecule has 22 aromatic rings. The summed E-state index contributed by atoms with van der Waals surface area (Å²) < 4.78 is 19.4. The molecule has 0 N–H and O–H groups in total. The van der Waals surface area contributed by atoms with Gasteiger partial charge in [0, 0.05) is 128 Å². The Labute approximate surface area is 613 Å². The van der Waals surface area contributed by atoms with Crippen LogP contribution in [0.4, 0.5) is 0 Å². The average Bonchev–Trinajstić information content (AvgIpc) is 1.76. The second kappa shape index (κ2) is 44.6. The minimum Gasteiger partial charge on any atom is -0.461 e. The molecular formula is C72H56N30O3S2. The Bertz CT molecular complexity index is 4680. The van der Waals surface area contributed by atoms with Gasteiger partial charge in [0.15, 0.2) is 16.7 Å². The van der Waals surface area contributed by atoms with Gasteiger partial charge in [-0.1, -0.05) is 42.5 Å². The van der Waals surface area contributed by atoms with Gasteiger partial charge in [0.05, 0.1) is 63.3 Å². The van der Waals surface area contributed by atoms with E-state index in [0.29, 0.717) is 11.2 Å². The highest BCUT2D eigenvalue weighted by molar-refractivity contribution is 7.17. The van der Waals surface area contributed by atoms with Crippen LogP contribution in [0.2, 0.25) is 0 Å². The Morgan fingerprint density at radius 1 is 0.290 bits per heavy atom. The van der Waals surface area contributed by atoms with Gasteiger partial charge in [0.1, 0.15) is 91.1 Å². The Morgan fingerprint density at radius 2 is 0.907 bits per heavy atom. The molecule has 20 aromatic heterocycles. The number of fused-ring (bicyclic) bond motifs is 9. The standard InChI is InChI=1S/2C8H6N2.C7H6N2.C6H5N3.2C6H4N2O.2C6H4N2S.C5H3N3O.2C4H4N2.2C3H3N3/c1-2-4-8-7(3-1)5-9-6-10-8;1-2-4-8-7(3-1)9-5-6-10-8;1-2-5-9-6-4-8-7(9)3-1;1-2-4-9-5-7-8-6(9)3-1;1-2-9-6-3-7-4-8-5(1)6;1-2-9-6-5(1)3-7-4-8-6;1-2-9-6-3-7-4-8-5(1)6;1-2-9-6-5(1)3-7-4-8-6;1-2-6-3-5-4(1)7-9-8-5;1-2-6-4-3-5-1;1-2-5-4-6-3-1;1-4-2-6-3-5-1;1-2-5-6-3-4-1/h2*1-6H;1-6H;1-5H;4*1-4H;1-3H;2*1-4H;2*1-3H. The maximum atomic E-state index is 4.99. The SMILES string of the molecule is c1cc2nonc2cn1.c1ccc2nccnc2c1.c1ccc2ncncc2c1.c1ccn2ccnc2c1.c1ccn2cnnc2c1.c1cnccn1.c1cncnc1.c1cnncn1.c1ncc2ccoc2n1.c1ncc2ccsc2n1.c1ncc2occc2n1.c1ncc2sccc2n1.c1ncncn1. The minimum absolute atomic E-state index is 0.644. The lowest BCUT2D eigenvalue weighted by Gasteiger charge is -1.90. The maximum absolute atomic E-state index is 4.99. The van der Waals surface area contributed by atoms with Gasteiger partial charge in [0.2, 0.25) is 5.71 Å². The Hall–Kier alpha value is -15.5. The number of rotatable bonds is 0. The molecule has 0 aliphatic carbocycles. The molecule has 524 valence electrons. The number of hydrogen-bond donors (Lipinski definition) is 0. The van der Waals surface area contributed by atoms with Crippen molar-refractivity contribution in [2.45, 2.75) is 0 Å². The van der Waals surface area contributed by atoms with E-state index < -0.39 is 0 Å². The first-order chi connectivity index (χ1) is 53.2. The zero-order chi connectivity index (χ0) is 73.3. The zero-order valence-corrected chi connectivity index (χ0v) is 57.4. The van der Waals surface area contributed by atoms with E-state index in [-0.39, 0.29) is 0 Å². The van der Waals surface area contributed by atoms with Crippen molar-refractivity contribution in [1.29, 1.82) is 0 Å². The van der Waals surface area contributed by atoms with Gasteiger partial charge in [-0.05, 0) is 93.9 Å². The van der Waals surface area contributed by atoms with Crippen molar-refractivity contribution in [1.82, 2.24) is 149 Å². The lowest BCUT2D eigenvalue weighted by atomic mass is 10.2. The number of aromatic nitrogens is 30. The van der Waals surface area contributed by atoms with Gasteiger partial charge in [-0.15, -0.1) is 38.0 Å². The molecule has 2 aromatic carbocycles. The molecule has 0 atom stereocenters. The third-order valence-electron chi connectivity index (χ3n) is 12.6. The molecule has 0 fully saturated rings. The lowest BCUT2D eigenvalue weighted by Crippen LogP contribution is -1.78. The predicted molar refractivity (Wildman–Crippen MR) is 399 cm³/mol. The maximum Gasteiger partial charge on any atom is 0.228 e. The fourth-order valence-corrected chi connectivity index (χ4v) is 9.29. The van der Waals surface area contributed by atoms with E-state index >= 15 is 0 Å². The molecule has 22 rings (SSSR count). The number of pyridine rings is 3. The van der Waals surface area contributed by atoms with E-state index in [4.69, 9.17) is 8.83 Å². The molecular weight excluding hydrogens is 1400 g/mol. The zero-order valence-electron chi connectivity index (χ0n) is 55.8. The summed E-state index contributed by atoms with van der Waals surface area (Å²) in [5.74, 6) is 0. The summed E-state index contributed by atoms with van der Waals surface area (Å²) in [6, 6.07) is 38.6. The van der Waals surface area contributed by atoms with Crippen molar-refractivity contribution < 1.29 is 13.5 Å². The number of imidazole rings is 1. The van der Waals surface area contributed by atoms with Crippen LogP contribution >= 0.6 is 22.7 Å². The molecule has 33 nitrogen and oxygen atoms in total. The van der Waals surface area contributed by atoms with Crippen molar-refractivity contribution in [2.75, 3.05) is 0 Å². The molecule has 0 spiro atoms. The molecule has 0 aliphatic rings. The van der Waals surface area contributed by atoms with Crippen LogP contribution < -0.4 is 0 Å². The molecule has 0 bridgehead atoms. The highest BCUT2D eigenvalue weighted by Crippen LogP contribution is 2.17. The smallest absolute Gasteiger partial charge is 0.228 e. The molecule has 35 heteroatoms. The predicted octanol–water partition coefficient (Wildman–Crippen LogP) is 12.5. The highest BCUT2D eigenvalue weighted by atomic mass is 32.1. The first-order valence-corrected chi connectivity index (χ1v) is 33.0. The summed E-state index contributed by atoms with van der Waals surface area (Å²) in [6.07, 6.45) is 55.8. The van der Waals surface area contributed by atoms with Crippen LogP contribution in [0, 0.1) is 0 Å². The van der Waals surface area contributed by atoms with Gasteiger partial charge in [-0.2, -0.15) is 5.10 Å². The summed E-state index contributed by atoms with van der Waals surface area (Å²) in [7, 11) is 0. The number of furan rings is 2. The van der Waals surface area contributed by atoms with E-state index in [1.165, 1.54) is 50.5 Å².